The Hall–Kier alpha value is -2.51. The van der Waals surface area contributed by atoms with E-state index in [0.29, 0.717) is 0 Å². The normalized spacial score (nSPS) is 16.7. The molecule has 0 fully saturated rings. The minimum Gasteiger partial charge on any atom is -0.411 e. The third kappa shape index (κ3) is 7.24. The molecule has 0 aliphatic rings. The number of carbonyl (C=O) groups is 2. The van der Waals surface area contributed by atoms with Crippen LogP contribution >= 0.6 is 0 Å². The molecule has 0 saturated carbocycles. The van der Waals surface area contributed by atoms with Gasteiger partial charge in [-0.2, -0.15) is 0 Å². The maximum absolute atomic E-state index is 13.8. The predicted molar refractivity (Wildman–Crippen MR) is 144 cm³/mol. The van der Waals surface area contributed by atoms with E-state index in [-0.39, 0.29) is 24.4 Å². The lowest BCUT2D eigenvalue weighted by Crippen LogP contribution is -2.66. The van der Waals surface area contributed by atoms with Crippen LogP contribution in [0.1, 0.15) is 61.0 Å². The van der Waals surface area contributed by atoms with E-state index in [2.05, 4.69) is 29.6 Å². The van der Waals surface area contributed by atoms with Crippen molar-refractivity contribution >= 4 is 18.4 Å². The minimum absolute atomic E-state index is 0.0605. The monoisotopic (exact) mass is 486 g/mol. The number of hydrogen-bond donors (Lipinski definition) is 3. The summed E-state index contributed by atoms with van der Waals surface area (Å²) in [6.07, 6.45) is 4.26. The van der Waals surface area contributed by atoms with Crippen molar-refractivity contribution in [1.82, 2.24) is 15.5 Å². The van der Waals surface area contributed by atoms with Crippen LogP contribution in [-0.4, -0.2) is 66.8 Å². The summed E-state index contributed by atoms with van der Waals surface area (Å²) in [5.74, 6) is 0.0876. The van der Waals surface area contributed by atoms with Crippen LogP contribution in [0.4, 0.5) is 0 Å². The Morgan fingerprint density at radius 2 is 1.71 bits per heavy atom. The number of aldehydes is 1. The molecule has 0 radical (unpaired) electrons. The van der Waals surface area contributed by atoms with E-state index in [4.69, 9.17) is 5.21 Å². The molecule has 3 atom stereocenters. The fourth-order valence-corrected chi connectivity index (χ4v) is 4.51. The first-order valence-electron chi connectivity index (χ1n) is 12.2. The number of amides is 1. The lowest BCUT2D eigenvalue weighted by Gasteiger charge is -2.45. The Morgan fingerprint density at radius 1 is 1.14 bits per heavy atom. The largest absolute Gasteiger partial charge is 0.411 e. The van der Waals surface area contributed by atoms with Crippen molar-refractivity contribution in [1.29, 1.82) is 0 Å². The number of nitrogens with zero attached hydrogens (tertiary/aromatic N) is 2. The van der Waals surface area contributed by atoms with Gasteiger partial charge in [0.25, 0.3) is 0 Å². The number of carbonyl (C=O) groups excluding carboxylic acids is 2. The van der Waals surface area contributed by atoms with E-state index >= 15 is 0 Å². The summed E-state index contributed by atoms with van der Waals surface area (Å²) in [6.45, 7) is 16.3. The number of rotatable bonds is 12. The van der Waals surface area contributed by atoms with Gasteiger partial charge in [-0.05, 0) is 36.4 Å². The average Bonchev–Trinajstić information content (AvgIpc) is 2.79. The fourth-order valence-electron chi connectivity index (χ4n) is 4.51. The highest BCUT2D eigenvalue weighted by molar-refractivity contribution is 5.84. The first-order chi connectivity index (χ1) is 16.2. The summed E-state index contributed by atoms with van der Waals surface area (Å²) in [7, 11) is 3.58. The van der Waals surface area contributed by atoms with Crippen molar-refractivity contribution in [2.45, 2.75) is 78.4 Å². The number of hydrogen-bond acceptors (Lipinski definition) is 6. The van der Waals surface area contributed by atoms with Gasteiger partial charge in [-0.25, -0.2) is 0 Å². The summed E-state index contributed by atoms with van der Waals surface area (Å²) in [5.41, 5.74) is -0.0883. The molecule has 35 heavy (non-hydrogen) atoms. The molecule has 1 rings (SSSR count). The Morgan fingerprint density at radius 3 is 2.14 bits per heavy atom. The first kappa shape index (κ1) is 30.5. The van der Waals surface area contributed by atoms with Gasteiger partial charge in [-0.15, -0.1) is 0 Å². The second kappa shape index (κ2) is 12.5. The maximum Gasteiger partial charge on any atom is 0.240 e. The van der Waals surface area contributed by atoms with Gasteiger partial charge in [0.05, 0.1) is 23.8 Å². The maximum atomic E-state index is 13.8. The average molecular weight is 487 g/mol. The molecule has 0 aliphatic carbocycles. The van der Waals surface area contributed by atoms with Crippen molar-refractivity contribution in [3.63, 3.8) is 0 Å². The molecule has 1 aromatic rings. The summed E-state index contributed by atoms with van der Waals surface area (Å²) in [4.78, 5) is 28.2. The van der Waals surface area contributed by atoms with Crippen LogP contribution < -0.4 is 10.6 Å². The van der Waals surface area contributed by atoms with Crippen LogP contribution in [0, 0.1) is 11.3 Å². The summed E-state index contributed by atoms with van der Waals surface area (Å²) in [6, 6.07) is 9.21. The molecule has 1 amide bonds. The zero-order chi connectivity index (χ0) is 27.0. The van der Waals surface area contributed by atoms with E-state index in [0.717, 1.165) is 17.4 Å². The molecule has 0 aliphatic heterocycles. The zero-order valence-corrected chi connectivity index (χ0v) is 23.2. The smallest absolute Gasteiger partial charge is 0.240 e. The number of allylic oxidation sites excluding steroid dienone is 1. The molecule has 0 bridgehead atoms. The molecule has 0 heterocycles. The quantitative estimate of drug-likeness (QED) is 0.180. The van der Waals surface area contributed by atoms with Crippen LogP contribution in [0.5, 0.6) is 0 Å². The topological polar surface area (TPSA) is 94.0 Å². The number of oxime groups is 1. The highest BCUT2D eigenvalue weighted by Crippen LogP contribution is 2.34. The molecule has 7 heteroatoms. The zero-order valence-electron chi connectivity index (χ0n) is 23.2. The van der Waals surface area contributed by atoms with E-state index in [1.165, 1.54) is 6.21 Å². The minimum atomic E-state index is -0.942. The fraction of sp³-hybridized carbons (Fsp3) is 0.607. The number of nitrogens with one attached hydrogen (secondary N) is 2. The third-order valence-corrected chi connectivity index (χ3v) is 7.13. The van der Waals surface area contributed by atoms with Crippen molar-refractivity contribution in [3.8, 4) is 0 Å². The predicted octanol–water partition coefficient (Wildman–Crippen LogP) is 4.01. The van der Waals surface area contributed by atoms with Crippen molar-refractivity contribution in [3.05, 3.63) is 47.5 Å². The van der Waals surface area contributed by atoms with Gasteiger partial charge >= 0.3 is 0 Å². The Balaban J connectivity index is 3.34. The third-order valence-electron chi connectivity index (χ3n) is 7.13. The standard InChI is InChI=1S/C28H46N4O3/c1-20(2)23(16-21(3)17-31-35)32(10)25(34)24(26(4,5)6)30-18-28(19-33,29-9)27(7,8)22-14-12-11-13-15-22/h11-17,19-20,23-24,29-30,35H,18H2,1-10H3/b21-16+,31-17+/t23-,24?,28?/m1/s1. The summed E-state index contributed by atoms with van der Waals surface area (Å²) >= 11 is 0. The Labute approximate surface area is 212 Å². The molecule has 0 spiro atoms. The number of likely N-dealkylation sites (N-methyl/N-ethyl adjacent to an activating group) is 2. The van der Waals surface area contributed by atoms with Gasteiger partial charge in [-0.1, -0.05) is 90.0 Å². The van der Waals surface area contributed by atoms with Gasteiger partial charge in [0.2, 0.25) is 5.91 Å². The van der Waals surface area contributed by atoms with Gasteiger partial charge in [-0.3, -0.25) is 4.79 Å². The molecule has 2 unspecified atom stereocenters. The number of benzene rings is 1. The van der Waals surface area contributed by atoms with E-state index in [1.807, 2.05) is 78.0 Å². The second-order valence-corrected chi connectivity index (χ2v) is 11.3. The SMILES string of the molecule is CNC(C=O)(CNC(C(=O)N(C)[C@H](/C=C(C)/C=N/O)C(C)C)C(C)(C)C)C(C)(C)c1ccccc1. The molecule has 7 nitrogen and oxygen atoms in total. The highest BCUT2D eigenvalue weighted by Gasteiger charge is 2.46. The van der Waals surface area contributed by atoms with Gasteiger partial charge in [0.1, 0.15) is 6.29 Å². The molecule has 196 valence electrons. The summed E-state index contributed by atoms with van der Waals surface area (Å²) < 4.78 is 0. The van der Waals surface area contributed by atoms with Crippen LogP contribution in [0.3, 0.4) is 0 Å². The second-order valence-electron chi connectivity index (χ2n) is 11.3. The van der Waals surface area contributed by atoms with Crippen LogP contribution in [0.15, 0.2) is 47.1 Å². The Kier molecular flexibility index (Phi) is 10.9. The first-order valence-corrected chi connectivity index (χ1v) is 12.2. The van der Waals surface area contributed by atoms with E-state index in [9.17, 15) is 9.59 Å². The van der Waals surface area contributed by atoms with Crippen molar-refractivity contribution in [2.24, 2.45) is 16.5 Å². The van der Waals surface area contributed by atoms with E-state index in [1.54, 1.807) is 19.0 Å². The Bertz CT molecular complexity index is 887. The summed E-state index contributed by atoms with van der Waals surface area (Å²) in [5, 5.41) is 18.7. The van der Waals surface area contributed by atoms with Crippen molar-refractivity contribution in [2.75, 3.05) is 20.6 Å². The van der Waals surface area contributed by atoms with Crippen LogP contribution in [0.2, 0.25) is 0 Å². The molecule has 0 aromatic heterocycles. The molecular formula is C28H46N4O3. The van der Waals surface area contributed by atoms with Crippen LogP contribution in [-0.2, 0) is 15.0 Å². The molecular weight excluding hydrogens is 440 g/mol. The van der Waals surface area contributed by atoms with Gasteiger partial charge in [0.15, 0.2) is 0 Å². The van der Waals surface area contributed by atoms with Crippen LogP contribution in [0.25, 0.3) is 0 Å². The lowest BCUT2D eigenvalue weighted by molar-refractivity contribution is -0.137. The highest BCUT2D eigenvalue weighted by atomic mass is 16.4. The molecule has 0 saturated heterocycles. The van der Waals surface area contributed by atoms with Crippen molar-refractivity contribution < 1.29 is 14.8 Å². The molecule has 3 N–H and O–H groups in total. The molecule has 1 aromatic carbocycles. The van der Waals surface area contributed by atoms with Gasteiger partial charge in [0, 0.05) is 19.0 Å². The van der Waals surface area contributed by atoms with Gasteiger partial charge < -0.3 is 25.5 Å². The lowest BCUT2D eigenvalue weighted by atomic mass is 9.68. The van der Waals surface area contributed by atoms with E-state index < -0.39 is 22.4 Å².